The van der Waals surface area contributed by atoms with E-state index in [9.17, 15) is 9.59 Å². The van der Waals surface area contributed by atoms with Gasteiger partial charge < -0.3 is 19.4 Å². The number of carbonyl (C=O) groups excluding carboxylic acids is 1. The predicted molar refractivity (Wildman–Crippen MR) is 119 cm³/mol. The number of carbonyl (C=O) groups is 1. The number of aromatic nitrogens is 1. The third-order valence-electron chi connectivity index (χ3n) is 5.80. The summed E-state index contributed by atoms with van der Waals surface area (Å²) in [6.07, 6.45) is 0. The zero-order valence-electron chi connectivity index (χ0n) is 17.0. The summed E-state index contributed by atoms with van der Waals surface area (Å²) in [4.78, 5) is 29.4. The van der Waals surface area contributed by atoms with Gasteiger partial charge >= 0.3 is 5.97 Å². The first kappa shape index (κ1) is 19.5. The lowest BCUT2D eigenvalue weighted by Gasteiger charge is -2.25. The van der Waals surface area contributed by atoms with Crippen LogP contribution in [0.1, 0.15) is 15.9 Å². The Bertz CT molecular complexity index is 1320. The topological polar surface area (TPSA) is 72.8 Å². The van der Waals surface area contributed by atoms with Crippen molar-refractivity contribution in [2.75, 3.05) is 26.3 Å². The zero-order chi connectivity index (χ0) is 21.2. The van der Waals surface area contributed by atoms with Crippen LogP contribution in [0.25, 0.3) is 21.7 Å². The lowest BCUT2D eigenvalue weighted by atomic mass is 10.0. The van der Waals surface area contributed by atoms with E-state index in [0.29, 0.717) is 16.7 Å². The molecular formula is C25H23N2O4+. The molecule has 1 saturated heterocycles. The number of para-hydroxylation sites is 1. The molecule has 5 rings (SSSR count). The van der Waals surface area contributed by atoms with Gasteiger partial charge in [-0.25, -0.2) is 4.79 Å². The molecule has 1 fully saturated rings. The highest BCUT2D eigenvalue weighted by molar-refractivity contribution is 6.04. The van der Waals surface area contributed by atoms with Crippen LogP contribution in [0, 0.1) is 0 Å². The van der Waals surface area contributed by atoms with Gasteiger partial charge in [-0.2, -0.15) is 0 Å². The molecule has 4 aromatic rings. The largest absolute Gasteiger partial charge is 0.422 e. The number of morpholine rings is 1. The fourth-order valence-electron chi connectivity index (χ4n) is 4.21. The second-order valence-electron chi connectivity index (χ2n) is 7.78. The van der Waals surface area contributed by atoms with Crippen molar-refractivity contribution in [3.8, 4) is 5.75 Å². The smallest absolute Gasteiger partial charge is 0.344 e. The van der Waals surface area contributed by atoms with Crippen molar-refractivity contribution in [1.82, 2.24) is 4.98 Å². The molecule has 2 N–H and O–H groups in total. The molecule has 1 aliphatic rings. The van der Waals surface area contributed by atoms with E-state index >= 15 is 0 Å². The lowest BCUT2D eigenvalue weighted by molar-refractivity contribution is -0.921. The minimum Gasteiger partial charge on any atom is -0.422 e. The van der Waals surface area contributed by atoms with Crippen molar-refractivity contribution < 1.29 is 19.2 Å². The molecule has 0 radical (unpaired) electrons. The summed E-state index contributed by atoms with van der Waals surface area (Å²) in [6.45, 7) is 4.02. The maximum atomic E-state index is 13.2. The number of esters is 1. The van der Waals surface area contributed by atoms with Gasteiger partial charge in [0, 0.05) is 17.0 Å². The van der Waals surface area contributed by atoms with Crippen LogP contribution >= 0.6 is 0 Å². The van der Waals surface area contributed by atoms with Gasteiger partial charge in [0.05, 0.1) is 24.3 Å². The van der Waals surface area contributed by atoms with Gasteiger partial charge in [0.1, 0.15) is 25.4 Å². The van der Waals surface area contributed by atoms with E-state index in [-0.39, 0.29) is 11.1 Å². The summed E-state index contributed by atoms with van der Waals surface area (Å²) in [5.41, 5.74) is 1.54. The summed E-state index contributed by atoms with van der Waals surface area (Å²) in [5, 5.41) is 2.84. The molecule has 6 nitrogen and oxygen atoms in total. The molecule has 0 spiro atoms. The standard InChI is InChI=1S/C25H22N2O4/c28-24-15-20(19-7-3-4-8-22(19)26-24)25(29)31-23-10-9-17-5-1-2-6-18(17)21(23)16-27-11-13-30-14-12-27/h1-10,15H,11-14,16H2,(H,26,28)/p+1. The van der Waals surface area contributed by atoms with Crippen molar-refractivity contribution in [2.45, 2.75) is 6.54 Å². The number of fused-ring (bicyclic) bond motifs is 2. The van der Waals surface area contributed by atoms with Gasteiger partial charge in [-0.1, -0.05) is 48.5 Å². The number of hydrogen-bond acceptors (Lipinski definition) is 4. The Morgan fingerprint density at radius 1 is 0.968 bits per heavy atom. The van der Waals surface area contributed by atoms with Crippen molar-refractivity contribution in [3.63, 3.8) is 0 Å². The van der Waals surface area contributed by atoms with E-state index < -0.39 is 5.97 Å². The maximum Gasteiger partial charge on any atom is 0.344 e. The summed E-state index contributed by atoms with van der Waals surface area (Å²) >= 11 is 0. The molecule has 0 atom stereocenters. The molecule has 1 aliphatic heterocycles. The number of benzene rings is 3. The van der Waals surface area contributed by atoms with Gasteiger partial charge in [-0.15, -0.1) is 0 Å². The van der Waals surface area contributed by atoms with Gasteiger partial charge in [0.25, 0.3) is 0 Å². The molecule has 2 heterocycles. The first-order chi connectivity index (χ1) is 15.2. The van der Waals surface area contributed by atoms with Gasteiger partial charge in [0.2, 0.25) is 5.56 Å². The third-order valence-corrected chi connectivity index (χ3v) is 5.80. The van der Waals surface area contributed by atoms with Gasteiger partial charge in [-0.3, -0.25) is 4.79 Å². The Balaban J connectivity index is 1.55. The van der Waals surface area contributed by atoms with Crippen molar-refractivity contribution >= 4 is 27.6 Å². The number of hydrogen-bond donors (Lipinski definition) is 2. The summed E-state index contributed by atoms with van der Waals surface area (Å²) in [6, 6.07) is 20.5. The summed E-state index contributed by atoms with van der Waals surface area (Å²) < 4.78 is 11.4. The monoisotopic (exact) mass is 415 g/mol. The van der Waals surface area contributed by atoms with E-state index in [4.69, 9.17) is 9.47 Å². The average molecular weight is 415 g/mol. The number of aromatic amines is 1. The minimum absolute atomic E-state index is 0.261. The van der Waals surface area contributed by atoms with Gasteiger partial charge in [-0.05, 0) is 22.9 Å². The Hall–Kier alpha value is -3.48. The van der Waals surface area contributed by atoms with Crippen LogP contribution in [0.2, 0.25) is 0 Å². The third kappa shape index (κ3) is 3.95. The zero-order valence-corrected chi connectivity index (χ0v) is 17.0. The van der Waals surface area contributed by atoms with E-state index in [1.165, 1.54) is 11.0 Å². The van der Waals surface area contributed by atoms with E-state index in [2.05, 4.69) is 17.1 Å². The molecule has 0 unspecified atom stereocenters. The van der Waals surface area contributed by atoms with Crippen LogP contribution in [0.5, 0.6) is 5.75 Å². The summed E-state index contributed by atoms with van der Waals surface area (Å²) in [7, 11) is 0. The molecule has 6 heteroatoms. The van der Waals surface area contributed by atoms with Crippen molar-refractivity contribution in [3.05, 3.63) is 88.2 Å². The molecule has 3 aromatic carbocycles. The van der Waals surface area contributed by atoms with Crippen LogP contribution in [0.4, 0.5) is 0 Å². The van der Waals surface area contributed by atoms with E-state index in [1.54, 1.807) is 12.1 Å². The fraction of sp³-hybridized carbons (Fsp3) is 0.200. The number of H-pyrrole nitrogens is 1. The Morgan fingerprint density at radius 3 is 2.55 bits per heavy atom. The number of ether oxygens (including phenoxy) is 2. The van der Waals surface area contributed by atoms with E-state index in [0.717, 1.165) is 49.2 Å². The normalized spacial score (nSPS) is 14.7. The quantitative estimate of drug-likeness (QED) is 0.396. The number of pyridine rings is 1. The molecule has 1 aromatic heterocycles. The highest BCUT2D eigenvalue weighted by Crippen LogP contribution is 2.29. The average Bonchev–Trinajstić information content (AvgIpc) is 2.80. The molecule has 0 saturated carbocycles. The van der Waals surface area contributed by atoms with Gasteiger partial charge in [0.15, 0.2) is 0 Å². The lowest BCUT2D eigenvalue weighted by Crippen LogP contribution is -3.12. The number of nitrogens with one attached hydrogen (secondary N) is 2. The van der Waals surface area contributed by atoms with Crippen LogP contribution in [0.15, 0.2) is 71.5 Å². The summed E-state index contributed by atoms with van der Waals surface area (Å²) in [5.74, 6) is 0.00265. The highest BCUT2D eigenvalue weighted by Gasteiger charge is 2.21. The molecular weight excluding hydrogens is 392 g/mol. The van der Waals surface area contributed by atoms with E-state index in [1.807, 2.05) is 36.4 Å². The first-order valence-corrected chi connectivity index (χ1v) is 10.5. The van der Waals surface area contributed by atoms with Crippen LogP contribution in [-0.4, -0.2) is 37.3 Å². The molecule has 0 bridgehead atoms. The van der Waals surface area contributed by atoms with Crippen molar-refractivity contribution in [2.24, 2.45) is 0 Å². The maximum absolute atomic E-state index is 13.2. The molecule has 0 aliphatic carbocycles. The van der Waals surface area contributed by atoms with Crippen LogP contribution < -0.4 is 15.2 Å². The Morgan fingerprint density at radius 2 is 1.71 bits per heavy atom. The number of quaternary nitrogens is 1. The Labute approximate surface area is 179 Å². The number of rotatable bonds is 4. The molecule has 0 amide bonds. The second-order valence-corrected chi connectivity index (χ2v) is 7.78. The molecule has 156 valence electrons. The highest BCUT2D eigenvalue weighted by atomic mass is 16.5. The SMILES string of the molecule is O=C(Oc1ccc2ccccc2c1C[NH+]1CCOCC1)c1cc(=O)[nH]c2ccccc12. The second kappa shape index (κ2) is 8.34. The van der Waals surface area contributed by atoms with Crippen molar-refractivity contribution in [1.29, 1.82) is 0 Å². The minimum atomic E-state index is -0.532. The predicted octanol–water partition coefficient (Wildman–Crippen LogP) is 2.32. The molecule has 31 heavy (non-hydrogen) atoms. The Kier molecular flexibility index (Phi) is 5.24. The fourth-order valence-corrected chi connectivity index (χ4v) is 4.21. The van der Waals surface area contributed by atoms with Crippen LogP contribution in [-0.2, 0) is 11.3 Å². The van der Waals surface area contributed by atoms with Crippen LogP contribution in [0.3, 0.4) is 0 Å². The first-order valence-electron chi connectivity index (χ1n) is 10.5.